The van der Waals surface area contributed by atoms with Gasteiger partial charge in [-0.25, -0.2) is 8.42 Å². The number of nitrogens with zero attached hydrogens (tertiary/aromatic N) is 2. The van der Waals surface area contributed by atoms with Gasteiger partial charge < -0.3 is 9.64 Å². The largest absolute Gasteiger partial charge is 0.492 e. The summed E-state index contributed by atoms with van der Waals surface area (Å²) < 4.78 is 33.8. The third kappa shape index (κ3) is 5.19. The molecule has 2 rings (SSSR count). The van der Waals surface area contributed by atoms with Crippen LogP contribution in [0.2, 0.25) is 0 Å². The SMILES string of the molecule is CCCCN(C)C(=O)c1ccccc1S(=O)(=O)Nc1cnccc1OCC. The predicted molar refractivity (Wildman–Crippen MR) is 105 cm³/mol. The first kappa shape index (κ1) is 20.7. The molecule has 0 fully saturated rings. The third-order valence-electron chi connectivity index (χ3n) is 3.93. The van der Waals surface area contributed by atoms with Crippen molar-refractivity contribution in [1.29, 1.82) is 0 Å². The van der Waals surface area contributed by atoms with Gasteiger partial charge in [0.1, 0.15) is 16.3 Å². The van der Waals surface area contributed by atoms with Crippen molar-refractivity contribution in [2.24, 2.45) is 0 Å². The summed E-state index contributed by atoms with van der Waals surface area (Å²) in [6.07, 6.45) is 4.69. The van der Waals surface area contributed by atoms with Crippen LogP contribution >= 0.6 is 0 Å². The van der Waals surface area contributed by atoms with Crippen LogP contribution in [0.15, 0.2) is 47.6 Å². The average molecular weight is 391 g/mol. The molecule has 0 spiro atoms. The summed E-state index contributed by atoms with van der Waals surface area (Å²) in [5, 5.41) is 0. The zero-order valence-electron chi connectivity index (χ0n) is 15.8. The highest BCUT2D eigenvalue weighted by molar-refractivity contribution is 7.92. The first-order valence-corrected chi connectivity index (χ1v) is 10.3. The zero-order chi connectivity index (χ0) is 19.9. The second-order valence-electron chi connectivity index (χ2n) is 5.99. The lowest BCUT2D eigenvalue weighted by molar-refractivity contribution is 0.0789. The molecule has 0 aliphatic heterocycles. The molecule has 0 atom stereocenters. The van der Waals surface area contributed by atoms with Crippen molar-refractivity contribution < 1.29 is 17.9 Å². The number of pyridine rings is 1. The number of ether oxygens (including phenoxy) is 1. The summed E-state index contributed by atoms with van der Waals surface area (Å²) in [5.74, 6) is 0.0422. The van der Waals surface area contributed by atoms with Crippen LogP contribution in [0, 0.1) is 0 Å². The molecule has 2 aromatic rings. The van der Waals surface area contributed by atoms with Gasteiger partial charge in [0, 0.05) is 25.9 Å². The van der Waals surface area contributed by atoms with Gasteiger partial charge in [-0.3, -0.25) is 14.5 Å². The van der Waals surface area contributed by atoms with Crippen molar-refractivity contribution in [1.82, 2.24) is 9.88 Å². The number of nitrogens with one attached hydrogen (secondary N) is 1. The fraction of sp³-hybridized carbons (Fsp3) is 0.368. The summed E-state index contributed by atoms with van der Waals surface area (Å²) in [7, 11) is -2.33. The first-order chi connectivity index (χ1) is 12.9. The molecule has 0 aliphatic carbocycles. The molecule has 0 radical (unpaired) electrons. The van der Waals surface area contributed by atoms with Gasteiger partial charge >= 0.3 is 0 Å². The number of amides is 1. The molecule has 1 N–H and O–H groups in total. The number of carbonyl (C=O) groups excluding carboxylic acids is 1. The molecule has 1 heterocycles. The Balaban J connectivity index is 2.36. The van der Waals surface area contributed by atoms with E-state index in [1.807, 2.05) is 6.92 Å². The Morgan fingerprint density at radius 2 is 1.96 bits per heavy atom. The van der Waals surface area contributed by atoms with Crippen LogP contribution in [0.3, 0.4) is 0 Å². The van der Waals surface area contributed by atoms with Crippen molar-refractivity contribution in [2.75, 3.05) is 24.9 Å². The monoisotopic (exact) mass is 391 g/mol. The minimum atomic E-state index is -4.00. The lowest BCUT2D eigenvalue weighted by Crippen LogP contribution is -2.29. The van der Waals surface area contributed by atoms with Crippen LogP contribution in [0.25, 0.3) is 0 Å². The summed E-state index contributed by atoms with van der Waals surface area (Å²) in [4.78, 5) is 18.1. The topological polar surface area (TPSA) is 88.6 Å². The molecule has 0 saturated heterocycles. The standard InChI is InChI=1S/C19H25N3O4S/c1-4-6-13-22(3)19(23)15-9-7-8-10-18(15)27(24,25)21-16-14-20-12-11-17(16)26-5-2/h7-12,14,21H,4-6,13H2,1-3H3. The second-order valence-corrected chi connectivity index (χ2v) is 7.64. The highest BCUT2D eigenvalue weighted by atomic mass is 32.2. The van der Waals surface area contributed by atoms with Gasteiger partial charge in [-0.2, -0.15) is 0 Å². The molecule has 0 saturated carbocycles. The van der Waals surface area contributed by atoms with Crippen molar-refractivity contribution >= 4 is 21.6 Å². The minimum absolute atomic E-state index is 0.0790. The number of aromatic nitrogens is 1. The van der Waals surface area contributed by atoms with Gasteiger partial charge in [0.05, 0.1) is 18.4 Å². The molecule has 7 nitrogen and oxygen atoms in total. The molecule has 1 aromatic carbocycles. The van der Waals surface area contributed by atoms with Crippen LogP contribution in [0.4, 0.5) is 5.69 Å². The number of hydrogen-bond donors (Lipinski definition) is 1. The van der Waals surface area contributed by atoms with Gasteiger partial charge in [0.2, 0.25) is 0 Å². The van der Waals surface area contributed by atoms with Crippen LogP contribution in [0.1, 0.15) is 37.0 Å². The number of anilines is 1. The Morgan fingerprint density at radius 1 is 1.22 bits per heavy atom. The van der Waals surface area contributed by atoms with Crippen LogP contribution < -0.4 is 9.46 Å². The van der Waals surface area contributed by atoms with Gasteiger partial charge in [0.15, 0.2) is 0 Å². The summed E-state index contributed by atoms with van der Waals surface area (Å²) >= 11 is 0. The smallest absolute Gasteiger partial charge is 0.262 e. The fourth-order valence-electron chi connectivity index (χ4n) is 2.52. The number of hydrogen-bond acceptors (Lipinski definition) is 5. The maximum atomic E-state index is 13.0. The van der Waals surface area contributed by atoms with Crippen LogP contribution in [0.5, 0.6) is 5.75 Å². The normalized spacial score (nSPS) is 11.1. The fourth-order valence-corrected chi connectivity index (χ4v) is 3.77. The quantitative estimate of drug-likeness (QED) is 0.709. The number of carbonyl (C=O) groups is 1. The van der Waals surface area contributed by atoms with E-state index in [0.717, 1.165) is 12.8 Å². The molecule has 0 bridgehead atoms. The molecule has 1 amide bonds. The van der Waals surface area contributed by atoms with Crippen LogP contribution in [-0.2, 0) is 10.0 Å². The maximum absolute atomic E-state index is 13.0. The molecule has 27 heavy (non-hydrogen) atoms. The van der Waals surface area contributed by atoms with E-state index in [4.69, 9.17) is 4.74 Å². The van der Waals surface area contributed by atoms with Crippen molar-refractivity contribution in [3.05, 3.63) is 48.3 Å². The van der Waals surface area contributed by atoms with E-state index >= 15 is 0 Å². The molecule has 0 unspecified atom stereocenters. The maximum Gasteiger partial charge on any atom is 0.262 e. The highest BCUT2D eigenvalue weighted by Crippen LogP contribution is 2.27. The van der Waals surface area contributed by atoms with Gasteiger partial charge in [-0.05, 0) is 25.5 Å². The molecular weight excluding hydrogens is 366 g/mol. The molecule has 8 heteroatoms. The third-order valence-corrected chi connectivity index (χ3v) is 5.35. The van der Waals surface area contributed by atoms with Crippen molar-refractivity contribution in [3.63, 3.8) is 0 Å². The van der Waals surface area contributed by atoms with Gasteiger partial charge in [0.25, 0.3) is 15.9 Å². The summed E-state index contributed by atoms with van der Waals surface area (Å²) in [6, 6.07) is 7.75. The number of sulfonamides is 1. The number of rotatable bonds is 9. The van der Waals surface area contributed by atoms with Crippen molar-refractivity contribution in [2.45, 2.75) is 31.6 Å². The van der Waals surface area contributed by atoms with E-state index < -0.39 is 10.0 Å². The van der Waals surface area contributed by atoms with Gasteiger partial charge in [-0.15, -0.1) is 0 Å². The predicted octanol–water partition coefficient (Wildman–Crippen LogP) is 3.15. The number of unbranched alkanes of at least 4 members (excludes halogenated alkanes) is 1. The average Bonchev–Trinajstić information content (AvgIpc) is 2.67. The van der Waals surface area contributed by atoms with E-state index in [-0.39, 0.29) is 22.1 Å². The zero-order valence-corrected chi connectivity index (χ0v) is 16.6. The molecule has 0 aliphatic rings. The summed E-state index contributed by atoms with van der Waals surface area (Å²) in [6.45, 7) is 4.79. The van der Waals surface area contributed by atoms with E-state index in [1.54, 1.807) is 32.2 Å². The van der Waals surface area contributed by atoms with E-state index in [0.29, 0.717) is 18.9 Å². The molecule has 146 valence electrons. The van der Waals surface area contributed by atoms with E-state index in [1.165, 1.54) is 29.4 Å². The molecule has 1 aromatic heterocycles. The first-order valence-electron chi connectivity index (χ1n) is 8.84. The number of benzene rings is 1. The summed E-state index contributed by atoms with van der Waals surface area (Å²) in [5.41, 5.74) is 0.353. The minimum Gasteiger partial charge on any atom is -0.492 e. The second kappa shape index (κ2) is 9.36. The Morgan fingerprint density at radius 3 is 2.67 bits per heavy atom. The van der Waals surface area contributed by atoms with Crippen LogP contribution in [-0.4, -0.2) is 44.4 Å². The van der Waals surface area contributed by atoms with E-state index in [2.05, 4.69) is 9.71 Å². The van der Waals surface area contributed by atoms with Crippen molar-refractivity contribution in [3.8, 4) is 5.75 Å². The Hall–Kier alpha value is -2.61. The van der Waals surface area contributed by atoms with Gasteiger partial charge in [-0.1, -0.05) is 25.5 Å². The lowest BCUT2D eigenvalue weighted by Gasteiger charge is -2.19. The lowest BCUT2D eigenvalue weighted by atomic mass is 10.2. The highest BCUT2D eigenvalue weighted by Gasteiger charge is 2.25. The Labute approximate surface area is 160 Å². The molecular formula is C19H25N3O4S. The Bertz CT molecular complexity index is 884. The van der Waals surface area contributed by atoms with E-state index in [9.17, 15) is 13.2 Å². The Kier molecular flexibility index (Phi) is 7.18.